The summed E-state index contributed by atoms with van der Waals surface area (Å²) in [4.78, 5) is 0. The first-order chi connectivity index (χ1) is 33.2. The molecule has 0 spiro atoms. The molecule has 72 heavy (non-hydrogen) atoms. The molecule has 0 bridgehead atoms. The molecule has 0 radical (unpaired) electrons. The van der Waals surface area contributed by atoms with E-state index < -0.39 is 105 Å². The van der Waals surface area contributed by atoms with Crippen molar-refractivity contribution in [3.05, 3.63) is 0 Å². The second-order valence-electron chi connectivity index (χ2n) is 17.5. The van der Waals surface area contributed by atoms with E-state index in [1.807, 2.05) is 26.6 Å². The molecule has 0 rings (SSSR count). The first-order valence-corrected chi connectivity index (χ1v) is 49.2. The van der Waals surface area contributed by atoms with Crippen molar-refractivity contribution in [1.82, 2.24) is 0 Å². The van der Waals surface area contributed by atoms with Gasteiger partial charge in [0.15, 0.2) is 16.6 Å². The maximum Gasteiger partial charge on any atom is 0.671 e. The summed E-state index contributed by atoms with van der Waals surface area (Å²) in [5, 5.41) is 0. The minimum Gasteiger partial charge on any atom is -0.416 e. The van der Waals surface area contributed by atoms with Crippen molar-refractivity contribution in [3.8, 4) is 0 Å². The van der Waals surface area contributed by atoms with Crippen molar-refractivity contribution in [2.45, 2.75) is 102 Å². The van der Waals surface area contributed by atoms with E-state index in [1.165, 1.54) is 99.5 Å². The van der Waals surface area contributed by atoms with Crippen LogP contribution in [0.15, 0.2) is 0 Å². The van der Waals surface area contributed by atoms with Crippen LogP contribution in [0.25, 0.3) is 0 Å². The van der Waals surface area contributed by atoms with Crippen LogP contribution in [0, 0.1) is 0 Å². The van der Waals surface area contributed by atoms with Crippen LogP contribution in [-0.2, 0) is 113 Å². The lowest BCUT2D eigenvalue weighted by Gasteiger charge is -2.44. The second-order valence-corrected chi connectivity index (χ2v) is 56.3. The van der Waals surface area contributed by atoms with Gasteiger partial charge in [-0.3, -0.25) is 0 Å². The molecule has 5 atom stereocenters. The van der Waals surface area contributed by atoms with Crippen LogP contribution >= 0.6 is 0 Å². The molecule has 0 aliphatic heterocycles. The number of rotatable bonds is 42. The van der Waals surface area contributed by atoms with Crippen molar-refractivity contribution in [1.29, 1.82) is 0 Å². The summed E-state index contributed by atoms with van der Waals surface area (Å²) in [5.41, 5.74) is 0. The van der Waals surface area contributed by atoms with Gasteiger partial charge < -0.3 is 113 Å². The van der Waals surface area contributed by atoms with Gasteiger partial charge in [-0.15, -0.1) is 0 Å². The fourth-order valence-electron chi connectivity index (χ4n) is 6.43. The maximum absolute atomic E-state index is 6.84. The summed E-state index contributed by atoms with van der Waals surface area (Å²) in [7, 11) is -12.3. The summed E-state index contributed by atoms with van der Waals surface area (Å²) in [6.07, 6.45) is 0.676. The van der Waals surface area contributed by atoms with Gasteiger partial charge in [0, 0.05) is 178 Å². The van der Waals surface area contributed by atoms with Crippen LogP contribution in [0.4, 0.5) is 0 Å². The van der Waals surface area contributed by atoms with Gasteiger partial charge in [-0.1, -0.05) is 13.3 Å². The molecule has 0 saturated heterocycles. The molecule has 0 aliphatic carbocycles. The Morgan fingerprint density at radius 3 is 0.736 bits per heavy atom. The zero-order chi connectivity index (χ0) is 56.6. The molecule has 0 heterocycles. The summed E-state index contributed by atoms with van der Waals surface area (Å²) >= 11 is 0. The van der Waals surface area contributed by atoms with Gasteiger partial charge in [-0.25, -0.2) is 0 Å². The quantitative estimate of drug-likeness (QED) is 0.0723. The third-order valence-corrected chi connectivity index (χ3v) is 49.7. The smallest absolute Gasteiger partial charge is 0.416 e. The van der Waals surface area contributed by atoms with Crippen molar-refractivity contribution in [2.24, 2.45) is 0 Å². The number of hydrogen-bond acceptors (Lipinski definition) is 26. The largest absolute Gasteiger partial charge is 0.671 e. The average Bonchev–Trinajstić information content (AvgIpc) is 3.35. The molecule has 0 aromatic rings. The van der Waals surface area contributed by atoms with E-state index in [2.05, 4.69) is 19.6 Å². The van der Waals surface area contributed by atoms with Gasteiger partial charge in [0.05, 0.1) is 0 Å². The van der Waals surface area contributed by atoms with E-state index >= 15 is 0 Å². The first-order valence-electron chi connectivity index (χ1n) is 22.8. The predicted octanol–water partition coefficient (Wildman–Crippen LogP) is 5.09. The molecule has 26 nitrogen and oxygen atoms in total. The zero-order valence-corrected chi connectivity index (χ0v) is 60.9. The van der Waals surface area contributed by atoms with Gasteiger partial charge in [-0.2, -0.15) is 0 Å². The molecular weight excluding hydrogens is 1160 g/mol. The topological polar surface area (TPSA) is 240 Å². The van der Waals surface area contributed by atoms with Crippen LogP contribution in [0.3, 0.4) is 0 Å². The molecule has 5 unspecified atom stereocenters. The molecule has 38 heteroatoms. The van der Waals surface area contributed by atoms with E-state index in [1.54, 1.807) is 48.1 Å². The Morgan fingerprint density at radius 1 is 0.208 bits per heavy atom. The molecule has 0 amide bonds. The highest BCUT2D eigenvalue weighted by Crippen LogP contribution is 2.36. The Labute approximate surface area is 446 Å². The summed E-state index contributed by atoms with van der Waals surface area (Å²) < 4.78 is 155. The molecular formula is C34H96O26Si12. The Morgan fingerprint density at radius 2 is 0.472 bits per heavy atom. The third kappa shape index (κ3) is 24.1. The molecule has 0 saturated carbocycles. The fourth-order valence-corrected chi connectivity index (χ4v) is 47.0. The van der Waals surface area contributed by atoms with Crippen LogP contribution in [-0.4, -0.2) is 233 Å². The molecule has 0 aromatic carbocycles. The van der Waals surface area contributed by atoms with E-state index in [9.17, 15) is 0 Å². The monoisotopic (exact) mass is 1260 g/mol. The lowest BCUT2D eigenvalue weighted by atomic mass is 10.6. The highest BCUT2D eigenvalue weighted by molar-refractivity contribution is 6.88. The first kappa shape index (κ1) is 75.6. The van der Waals surface area contributed by atoms with Crippen molar-refractivity contribution < 1.29 is 113 Å². The molecule has 436 valence electrons. The maximum atomic E-state index is 6.84. The van der Waals surface area contributed by atoms with E-state index in [0.29, 0.717) is 24.6 Å². The van der Waals surface area contributed by atoms with Crippen LogP contribution in [0.1, 0.15) is 13.3 Å². The fraction of sp³-hybridized carbons (Fsp3) is 1.00. The molecule has 0 N–H and O–H groups in total. The minimum absolute atomic E-state index is 0.151. The van der Waals surface area contributed by atoms with Gasteiger partial charge in [0.1, 0.15) is 0 Å². The summed E-state index contributed by atoms with van der Waals surface area (Å²) in [5.74, 6) is 0. The lowest BCUT2D eigenvalue weighted by Crippen LogP contribution is -2.70. The Kier molecular flexibility index (Phi) is 35.0. The standard InChI is InChI=1S/C22H62O17Si8.C12H34O9Si4/c1-19-20-45(30-9,31-10)39-47(33-12,37-41(16,23-2)24-3)38-43(18,26-5)36-46(32-11,22-21-44(27-6,28-7)29-8)35-42(17,25-4)34-40(13,14)15;1-13-23(14-2,15-3)11-12-24(16-4,20-22(8,9)10)21-25(17-5,18-6)19-7/h19-22H2,1-18H3;11-12H2,1-10H3. The van der Waals surface area contributed by atoms with Crippen LogP contribution in [0.2, 0.25) is 89.1 Å². The van der Waals surface area contributed by atoms with Crippen molar-refractivity contribution >= 4 is 105 Å². The zero-order valence-electron chi connectivity index (χ0n) is 48.9. The minimum atomic E-state index is -4.38. The van der Waals surface area contributed by atoms with Crippen molar-refractivity contribution in [2.75, 3.05) is 128 Å². The second kappa shape index (κ2) is 33.3. The van der Waals surface area contributed by atoms with Crippen LogP contribution < -0.4 is 0 Å². The molecule has 0 aromatic heterocycles. The molecule has 0 fully saturated rings. The Bertz CT molecular complexity index is 1430. The summed E-state index contributed by atoms with van der Waals surface area (Å²) in [6, 6.07) is 1.71. The Hall–Kier alpha value is 1.56. The lowest BCUT2D eigenvalue weighted by molar-refractivity contribution is 0.00715. The number of hydrogen-bond donors (Lipinski definition) is 0. The predicted molar refractivity (Wildman–Crippen MR) is 291 cm³/mol. The van der Waals surface area contributed by atoms with Gasteiger partial charge in [-0.05, 0) is 39.3 Å². The van der Waals surface area contributed by atoms with Crippen molar-refractivity contribution in [3.63, 3.8) is 0 Å². The normalized spacial score (nSPS) is 17.8. The highest BCUT2D eigenvalue weighted by Gasteiger charge is 2.67. The van der Waals surface area contributed by atoms with Gasteiger partial charge >= 0.3 is 88.5 Å². The highest BCUT2D eigenvalue weighted by atomic mass is 28.6. The Balaban J connectivity index is 0. The van der Waals surface area contributed by atoms with Gasteiger partial charge in [0.2, 0.25) is 0 Å². The van der Waals surface area contributed by atoms with E-state index in [-0.39, 0.29) is 12.1 Å². The summed E-state index contributed by atoms with van der Waals surface area (Å²) in [6.45, 7) is 19.3. The SMILES string of the molecule is CCC[Si](OC)(OC)O[Si](OC)(O[Si](C)(OC)OC)O[Si](C)(OC)O[Si](CC[Si](OC)(OC)OC)(OC)O[Si](C)(OC)O[Si](C)(C)C.CO[Si](CC[Si](OC)(O[Si](C)(C)C)O[Si](OC)(OC)OC)(OC)OC. The van der Waals surface area contributed by atoms with E-state index in [4.69, 9.17) is 113 Å². The van der Waals surface area contributed by atoms with Crippen LogP contribution in [0.5, 0.6) is 0 Å². The van der Waals surface area contributed by atoms with Gasteiger partial charge in [0.25, 0.3) is 0 Å². The third-order valence-electron chi connectivity index (χ3n) is 10.4. The average molecular weight is 1260 g/mol. The molecule has 0 aliphatic rings. The van der Waals surface area contributed by atoms with E-state index in [0.717, 1.165) is 0 Å².